The number of hydrogen-bond acceptors (Lipinski definition) is 3. The number of nitrogens with zero attached hydrogens (tertiary/aromatic N) is 2. The molecule has 1 atom stereocenters. The van der Waals surface area contributed by atoms with Crippen LogP contribution < -0.4 is 9.03 Å². The number of rotatable bonds is 12. The van der Waals surface area contributed by atoms with E-state index in [0.29, 0.717) is 16.7 Å². The third kappa shape index (κ3) is 10.1. The SMILES string of the molecule is CCCCCCC#Cc1cccc(N(C)S(=O)(=O)N[C@@H](CC(=O)O)C[N+](C)(C)C)c1. The molecule has 1 rings (SSSR count). The molecule has 0 amide bonds. The van der Waals surface area contributed by atoms with Crippen LogP contribution in [-0.2, 0) is 15.0 Å². The number of hydrogen-bond donors (Lipinski definition) is 2. The summed E-state index contributed by atoms with van der Waals surface area (Å²) in [5, 5.41) is 9.15. The van der Waals surface area contributed by atoms with Crippen molar-refractivity contribution in [1.82, 2.24) is 4.72 Å². The fourth-order valence-corrected chi connectivity index (χ4v) is 4.16. The van der Waals surface area contributed by atoms with Crippen molar-refractivity contribution >= 4 is 21.9 Å². The lowest BCUT2D eigenvalue weighted by Gasteiger charge is -2.30. The van der Waals surface area contributed by atoms with Crippen molar-refractivity contribution in [2.24, 2.45) is 0 Å². The normalized spacial score (nSPS) is 12.7. The van der Waals surface area contributed by atoms with Gasteiger partial charge in [0.25, 0.3) is 0 Å². The van der Waals surface area contributed by atoms with Gasteiger partial charge in [-0.2, -0.15) is 13.1 Å². The van der Waals surface area contributed by atoms with Gasteiger partial charge in [0.15, 0.2) is 0 Å². The summed E-state index contributed by atoms with van der Waals surface area (Å²) in [5.74, 6) is 5.19. The molecule has 1 aromatic carbocycles. The van der Waals surface area contributed by atoms with Crippen molar-refractivity contribution in [2.75, 3.05) is 39.0 Å². The third-order valence-corrected chi connectivity index (χ3v) is 6.03. The maximum absolute atomic E-state index is 12.9. The average molecular weight is 439 g/mol. The van der Waals surface area contributed by atoms with Gasteiger partial charge in [-0.1, -0.05) is 44.1 Å². The van der Waals surface area contributed by atoms with E-state index in [1.54, 1.807) is 18.2 Å². The quantitative estimate of drug-likeness (QED) is 0.298. The summed E-state index contributed by atoms with van der Waals surface area (Å²) in [7, 11) is 3.19. The van der Waals surface area contributed by atoms with Crippen molar-refractivity contribution in [2.45, 2.75) is 51.5 Å². The summed E-state index contributed by atoms with van der Waals surface area (Å²) in [6, 6.07) is 6.31. The smallest absolute Gasteiger partial charge is 0.305 e. The first kappa shape index (κ1) is 26.0. The number of carboxylic acid groups (broad SMARTS) is 1. The second-order valence-electron chi connectivity index (χ2n) is 8.52. The van der Waals surface area contributed by atoms with Gasteiger partial charge in [-0.3, -0.25) is 9.10 Å². The first-order chi connectivity index (χ1) is 13.9. The third-order valence-electron chi connectivity index (χ3n) is 4.46. The maximum Gasteiger partial charge on any atom is 0.305 e. The highest BCUT2D eigenvalue weighted by Gasteiger charge is 2.28. The van der Waals surface area contributed by atoms with Crippen LogP contribution in [0.25, 0.3) is 0 Å². The van der Waals surface area contributed by atoms with Gasteiger partial charge in [0, 0.05) is 19.0 Å². The second kappa shape index (κ2) is 11.9. The highest BCUT2D eigenvalue weighted by atomic mass is 32.2. The molecule has 30 heavy (non-hydrogen) atoms. The van der Waals surface area contributed by atoms with E-state index < -0.39 is 22.2 Å². The summed E-state index contributed by atoms with van der Waals surface area (Å²) in [5.41, 5.74) is 1.22. The first-order valence-corrected chi connectivity index (χ1v) is 11.8. The Kier molecular flexibility index (Phi) is 10.3. The van der Waals surface area contributed by atoms with Crippen molar-refractivity contribution in [3.8, 4) is 11.8 Å². The molecule has 1 aromatic rings. The molecule has 0 bridgehead atoms. The molecule has 0 fully saturated rings. The lowest BCUT2D eigenvalue weighted by molar-refractivity contribution is -0.871. The topological polar surface area (TPSA) is 86.7 Å². The Hall–Kier alpha value is -2.08. The summed E-state index contributed by atoms with van der Waals surface area (Å²) in [6.07, 6.45) is 5.17. The number of carboxylic acids is 1. The Labute approximate surface area is 181 Å². The monoisotopic (exact) mass is 438 g/mol. The summed E-state index contributed by atoms with van der Waals surface area (Å²) in [4.78, 5) is 11.2. The lowest BCUT2D eigenvalue weighted by Crippen LogP contribution is -2.52. The molecular formula is C22H36N3O4S+. The van der Waals surface area contributed by atoms with Crippen molar-refractivity contribution in [3.63, 3.8) is 0 Å². The molecule has 2 N–H and O–H groups in total. The van der Waals surface area contributed by atoms with Crippen LogP contribution in [0.1, 0.15) is 51.0 Å². The van der Waals surface area contributed by atoms with Gasteiger partial charge in [0.1, 0.15) is 0 Å². The van der Waals surface area contributed by atoms with E-state index in [1.165, 1.54) is 26.3 Å². The van der Waals surface area contributed by atoms with Crippen LogP contribution >= 0.6 is 0 Å². The standard InChI is InChI=1S/C22H35N3O4S/c1-6-7-8-9-10-11-13-19-14-12-15-21(16-19)24(2)30(28,29)23-20(17-22(26)27)18-25(3,4)5/h12,14-16,20,23H,6-10,17-18H2,1-5H3/p+1/t20-/m0/s1. The van der Waals surface area contributed by atoms with Crippen molar-refractivity contribution < 1.29 is 22.8 Å². The van der Waals surface area contributed by atoms with Crippen LogP contribution in [0, 0.1) is 11.8 Å². The predicted molar refractivity (Wildman–Crippen MR) is 121 cm³/mol. The molecule has 0 heterocycles. The fourth-order valence-electron chi connectivity index (χ4n) is 3.03. The van der Waals surface area contributed by atoms with Crippen molar-refractivity contribution in [3.05, 3.63) is 29.8 Å². The number of carbonyl (C=O) groups is 1. The number of benzene rings is 1. The van der Waals surface area contributed by atoms with Crippen LogP contribution in [0.3, 0.4) is 0 Å². The molecule has 0 saturated heterocycles. The van der Waals surface area contributed by atoms with E-state index >= 15 is 0 Å². The number of nitrogens with one attached hydrogen (secondary N) is 1. The Morgan fingerprint density at radius 1 is 1.23 bits per heavy atom. The van der Waals surface area contributed by atoms with Crippen LogP contribution in [0.4, 0.5) is 5.69 Å². The summed E-state index contributed by atoms with van der Waals surface area (Å²) >= 11 is 0. The first-order valence-electron chi connectivity index (χ1n) is 10.3. The molecule has 0 aliphatic heterocycles. The number of anilines is 1. The minimum Gasteiger partial charge on any atom is -0.481 e. The van der Waals surface area contributed by atoms with E-state index in [2.05, 4.69) is 23.5 Å². The molecule has 0 aromatic heterocycles. The zero-order valence-corrected chi connectivity index (χ0v) is 19.6. The van der Waals surface area contributed by atoms with Crippen molar-refractivity contribution in [1.29, 1.82) is 0 Å². The molecular weight excluding hydrogens is 402 g/mol. The molecule has 0 aliphatic carbocycles. The zero-order valence-electron chi connectivity index (χ0n) is 18.8. The Morgan fingerprint density at radius 2 is 1.93 bits per heavy atom. The highest BCUT2D eigenvalue weighted by Crippen LogP contribution is 2.18. The van der Waals surface area contributed by atoms with Crippen LogP contribution in [-0.4, -0.2) is 64.8 Å². The van der Waals surface area contributed by atoms with E-state index in [1.807, 2.05) is 27.2 Å². The zero-order chi connectivity index (χ0) is 22.8. The minimum absolute atomic E-state index is 0.286. The molecule has 8 heteroatoms. The number of aliphatic carboxylic acids is 1. The molecule has 0 unspecified atom stereocenters. The minimum atomic E-state index is -3.92. The fraction of sp³-hybridized carbons (Fsp3) is 0.591. The second-order valence-corrected chi connectivity index (χ2v) is 10.3. The van der Waals surface area contributed by atoms with Crippen LogP contribution in [0.5, 0.6) is 0 Å². The number of likely N-dealkylation sites (N-methyl/N-ethyl adjacent to an activating group) is 1. The average Bonchev–Trinajstić information content (AvgIpc) is 2.61. The summed E-state index contributed by atoms with van der Waals surface area (Å²) < 4.78 is 29.8. The van der Waals surface area contributed by atoms with E-state index in [0.717, 1.165) is 22.7 Å². The Morgan fingerprint density at radius 3 is 2.53 bits per heavy atom. The molecule has 0 radical (unpaired) electrons. The van der Waals surface area contributed by atoms with E-state index in [4.69, 9.17) is 5.11 Å². The Bertz CT molecular complexity index is 851. The van der Waals surface area contributed by atoms with Gasteiger partial charge in [0.2, 0.25) is 0 Å². The molecule has 0 aliphatic rings. The van der Waals surface area contributed by atoms with Gasteiger partial charge in [0.05, 0.1) is 45.8 Å². The maximum atomic E-state index is 12.9. The molecule has 7 nitrogen and oxygen atoms in total. The predicted octanol–water partition coefficient (Wildman–Crippen LogP) is 2.83. The largest absolute Gasteiger partial charge is 0.481 e. The molecule has 0 spiro atoms. The molecule has 168 valence electrons. The van der Waals surface area contributed by atoms with E-state index in [-0.39, 0.29) is 6.42 Å². The van der Waals surface area contributed by atoms with Gasteiger partial charge in [-0.05, 0) is 24.6 Å². The highest BCUT2D eigenvalue weighted by molar-refractivity contribution is 7.90. The summed E-state index contributed by atoms with van der Waals surface area (Å²) in [6.45, 7) is 2.52. The Balaban J connectivity index is 2.90. The lowest BCUT2D eigenvalue weighted by atomic mass is 10.1. The van der Waals surface area contributed by atoms with Gasteiger partial charge >= 0.3 is 16.2 Å². The number of quaternary nitrogens is 1. The van der Waals surface area contributed by atoms with Gasteiger partial charge < -0.3 is 9.59 Å². The van der Waals surface area contributed by atoms with E-state index in [9.17, 15) is 13.2 Å². The number of unbranched alkanes of at least 4 members (excludes halogenated alkanes) is 4. The van der Waals surface area contributed by atoms with Crippen LogP contribution in [0.2, 0.25) is 0 Å². The van der Waals surface area contributed by atoms with Gasteiger partial charge in [-0.15, -0.1) is 0 Å². The molecule has 0 saturated carbocycles. The van der Waals surface area contributed by atoms with Crippen LogP contribution in [0.15, 0.2) is 24.3 Å². The van der Waals surface area contributed by atoms with Gasteiger partial charge in [-0.25, -0.2) is 0 Å².